The molecule has 0 spiro atoms. The minimum absolute atomic E-state index is 0.748. The summed E-state index contributed by atoms with van der Waals surface area (Å²) < 4.78 is 0. The molecule has 0 fully saturated rings. The van der Waals surface area contributed by atoms with Crippen LogP contribution in [0.25, 0.3) is 0 Å². The van der Waals surface area contributed by atoms with E-state index in [0.29, 0.717) is 0 Å². The van der Waals surface area contributed by atoms with Gasteiger partial charge in [-0.1, -0.05) is 6.58 Å². The van der Waals surface area contributed by atoms with Gasteiger partial charge in [0.25, 0.3) is 0 Å². The molecule has 0 nitrogen and oxygen atoms in total. The van der Waals surface area contributed by atoms with E-state index in [0.717, 1.165) is 16.7 Å². The summed E-state index contributed by atoms with van der Waals surface area (Å²) in [7, 11) is 0. The van der Waals surface area contributed by atoms with E-state index in [9.17, 15) is 0 Å². The Bertz CT molecular complexity index is 122. The van der Waals surface area contributed by atoms with E-state index in [2.05, 4.69) is 26.7 Å². The van der Waals surface area contributed by atoms with Crippen LogP contribution in [0.2, 0.25) is 0 Å². The van der Waals surface area contributed by atoms with Gasteiger partial charge in [0, 0.05) is 19.1 Å². The highest BCUT2D eigenvalue weighted by Crippen LogP contribution is 2.10. The van der Waals surface area contributed by atoms with Crippen molar-refractivity contribution in [2.45, 2.75) is 6.92 Å². The Kier molecular flexibility index (Phi) is 2.14. The van der Waals surface area contributed by atoms with Gasteiger partial charge >= 0.3 is 0 Å². The number of allylic oxidation sites excluding steroid dienone is 3. The molecule has 42 valence electrons. The van der Waals surface area contributed by atoms with E-state index < -0.39 is 0 Å². The highest BCUT2D eigenvalue weighted by molar-refractivity contribution is 5.41. The Balaban J connectivity index is 4.05. The second-order valence-electron chi connectivity index (χ2n) is 1.86. The van der Waals surface area contributed by atoms with Crippen LogP contribution in [0.4, 0.5) is 0 Å². The summed E-state index contributed by atoms with van der Waals surface area (Å²) in [6.07, 6.45) is 0. The molecule has 8 heavy (non-hydrogen) atoms. The van der Waals surface area contributed by atoms with Crippen molar-refractivity contribution in [2.24, 2.45) is 0 Å². The van der Waals surface area contributed by atoms with Crippen LogP contribution < -0.4 is 0 Å². The molecule has 0 saturated carbocycles. The second-order valence-corrected chi connectivity index (χ2v) is 1.86. The summed E-state index contributed by atoms with van der Waals surface area (Å²) in [4.78, 5) is 0. The molecule has 0 aliphatic carbocycles. The molecule has 0 bridgehead atoms. The van der Waals surface area contributed by atoms with Crippen molar-refractivity contribution in [3.8, 4) is 0 Å². The standard InChI is InChI=1S/C8H11/c1-6(2)8(5)7(3)4/h1-3,5H2,4H3/q+1. The zero-order chi connectivity index (χ0) is 6.73. The van der Waals surface area contributed by atoms with Crippen LogP contribution in [0.1, 0.15) is 6.92 Å². The molecule has 0 aromatic carbocycles. The van der Waals surface area contributed by atoms with Crippen molar-refractivity contribution in [3.05, 3.63) is 43.4 Å². The zero-order valence-corrected chi connectivity index (χ0v) is 5.33. The third-order valence-electron chi connectivity index (χ3n) is 0.942. The Hall–Kier alpha value is -0.910. The Morgan fingerprint density at radius 3 is 1.62 bits per heavy atom. The molecule has 0 radical (unpaired) electrons. The normalized spacial score (nSPS) is 8.12. The van der Waals surface area contributed by atoms with E-state index in [1.807, 2.05) is 6.92 Å². The summed E-state index contributed by atoms with van der Waals surface area (Å²) >= 11 is 0. The number of rotatable bonds is 2. The van der Waals surface area contributed by atoms with Gasteiger partial charge in [-0.05, 0) is 13.5 Å². The third-order valence-corrected chi connectivity index (χ3v) is 0.942. The lowest BCUT2D eigenvalue weighted by molar-refractivity contribution is 1.42. The van der Waals surface area contributed by atoms with Crippen LogP contribution in [0.3, 0.4) is 0 Å². The maximum Gasteiger partial charge on any atom is 0.126 e. The fraction of sp³-hybridized carbons (Fsp3) is 0.125. The largest absolute Gasteiger partial charge is 0.126 e. The summed E-state index contributed by atoms with van der Waals surface area (Å²) in [5, 5.41) is 0. The molecule has 0 aliphatic rings. The average molecular weight is 107 g/mol. The summed E-state index contributed by atoms with van der Waals surface area (Å²) in [5.41, 5.74) is 2.53. The lowest BCUT2D eigenvalue weighted by atomic mass is 10.1. The third kappa shape index (κ3) is 1.69. The molecule has 0 saturated heterocycles. The quantitative estimate of drug-likeness (QED) is 0.375. The van der Waals surface area contributed by atoms with E-state index >= 15 is 0 Å². The zero-order valence-electron chi connectivity index (χ0n) is 5.33. The van der Waals surface area contributed by atoms with Gasteiger partial charge < -0.3 is 0 Å². The molecular formula is C8H11+. The predicted molar refractivity (Wildman–Crippen MR) is 38.5 cm³/mol. The van der Waals surface area contributed by atoms with Crippen molar-refractivity contribution >= 4 is 0 Å². The van der Waals surface area contributed by atoms with Crippen LogP contribution in [0.15, 0.2) is 36.5 Å². The van der Waals surface area contributed by atoms with Crippen molar-refractivity contribution in [3.63, 3.8) is 0 Å². The molecule has 0 unspecified atom stereocenters. The maximum atomic E-state index is 3.69. The second kappa shape index (κ2) is 2.41. The Morgan fingerprint density at radius 1 is 1.25 bits per heavy atom. The lowest BCUT2D eigenvalue weighted by Gasteiger charge is -1.90. The monoisotopic (exact) mass is 107 g/mol. The molecular weight excluding hydrogens is 96.1 g/mol. The van der Waals surface area contributed by atoms with Crippen LogP contribution in [-0.4, -0.2) is 0 Å². The first-order chi connectivity index (χ1) is 3.55. The van der Waals surface area contributed by atoms with Crippen molar-refractivity contribution in [1.29, 1.82) is 0 Å². The van der Waals surface area contributed by atoms with Crippen molar-refractivity contribution < 1.29 is 0 Å². The highest BCUT2D eigenvalue weighted by atomic mass is 14.0. The van der Waals surface area contributed by atoms with E-state index in [1.165, 1.54) is 0 Å². The van der Waals surface area contributed by atoms with Gasteiger partial charge in [-0.25, -0.2) is 0 Å². The maximum absolute atomic E-state index is 3.69. The fourth-order valence-electron chi connectivity index (χ4n) is 0.302. The number of hydrogen-bond acceptors (Lipinski definition) is 0. The Labute approximate surface area is 51.2 Å². The van der Waals surface area contributed by atoms with Crippen molar-refractivity contribution in [1.82, 2.24) is 0 Å². The predicted octanol–water partition coefficient (Wildman–Crippen LogP) is 2.51. The van der Waals surface area contributed by atoms with Crippen LogP contribution in [0, 0.1) is 6.92 Å². The van der Waals surface area contributed by atoms with Crippen LogP contribution in [0.5, 0.6) is 0 Å². The molecule has 0 aromatic heterocycles. The average Bonchev–Trinajstić information content (AvgIpc) is 1.64. The fourth-order valence-corrected chi connectivity index (χ4v) is 0.302. The van der Waals surface area contributed by atoms with E-state index in [1.54, 1.807) is 0 Å². The SMILES string of the molecule is C=C([CH2+])C(=C)C(=C)C. The molecule has 0 amide bonds. The van der Waals surface area contributed by atoms with Gasteiger partial charge in [-0.2, -0.15) is 0 Å². The molecule has 0 aromatic rings. The first-order valence-electron chi connectivity index (χ1n) is 2.41. The van der Waals surface area contributed by atoms with Gasteiger partial charge in [0.2, 0.25) is 0 Å². The highest BCUT2D eigenvalue weighted by Gasteiger charge is 2.01. The van der Waals surface area contributed by atoms with Gasteiger partial charge in [0.05, 0.1) is 5.57 Å². The number of hydrogen-bond donors (Lipinski definition) is 0. The first-order valence-corrected chi connectivity index (χ1v) is 2.41. The van der Waals surface area contributed by atoms with Gasteiger partial charge in [-0.15, -0.1) is 0 Å². The Morgan fingerprint density at radius 2 is 1.62 bits per heavy atom. The minimum atomic E-state index is 0.748. The lowest BCUT2D eigenvalue weighted by Crippen LogP contribution is -1.80. The summed E-state index contributed by atoms with van der Waals surface area (Å²) in [5.74, 6) is 0. The van der Waals surface area contributed by atoms with Gasteiger partial charge in [0.15, 0.2) is 0 Å². The van der Waals surface area contributed by atoms with Crippen molar-refractivity contribution in [2.75, 3.05) is 0 Å². The summed E-state index contributed by atoms with van der Waals surface area (Å²) in [6.45, 7) is 16.5. The molecule has 0 N–H and O–H groups in total. The van der Waals surface area contributed by atoms with Gasteiger partial charge in [0.1, 0.15) is 5.57 Å². The first kappa shape index (κ1) is 7.09. The summed E-state index contributed by atoms with van der Waals surface area (Å²) in [6, 6.07) is 0. The van der Waals surface area contributed by atoms with Gasteiger partial charge in [-0.3, -0.25) is 0 Å². The minimum Gasteiger partial charge on any atom is -0.0821 e. The van der Waals surface area contributed by atoms with Crippen LogP contribution in [-0.2, 0) is 0 Å². The molecule has 0 heteroatoms. The molecule has 0 heterocycles. The van der Waals surface area contributed by atoms with E-state index in [4.69, 9.17) is 0 Å². The smallest absolute Gasteiger partial charge is 0.0821 e. The molecule has 0 aliphatic heterocycles. The molecule has 0 atom stereocenters. The molecule has 0 rings (SSSR count). The van der Waals surface area contributed by atoms with Crippen LogP contribution >= 0.6 is 0 Å². The topological polar surface area (TPSA) is 0 Å². The van der Waals surface area contributed by atoms with E-state index in [-0.39, 0.29) is 0 Å².